The van der Waals surface area contributed by atoms with Gasteiger partial charge in [-0.1, -0.05) is 23.4 Å². The van der Waals surface area contributed by atoms with Gasteiger partial charge in [0, 0.05) is 6.07 Å². The number of sulfonamides is 1. The number of aromatic nitrogens is 1. The number of nitrogens with zero attached hydrogens (tertiary/aromatic N) is 1. The number of hydrogen-bond acceptors (Lipinski definition) is 6. The van der Waals surface area contributed by atoms with Crippen molar-refractivity contribution >= 4 is 15.8 Å². The van der Waals surface area contributed by atoms with Gasteiger partial charge in [-0.2, -0.15) is 0 Å². The van der Waals surface area contributed by atoms with Crippen molar-refractivity contribution < 1.29 is 26.8 Å². The number of para-hydroxylation sites is 1. The monoisotopic (exact) mass is 378 g/mol. The fourth-order valence-electron chi connectivity index (χ4n) is 2.40. The lowest BCUT2D eigenvalue weighted by Gasteiger charge is -2.10. The van der Waals surface area contributed by atoms with Gasteiger partial charge in [0.15, 0.2) is 16.5 Å². The van der Waals surface area contributed by atoms with Crippen molar-refractivity contribution in [2.45, 2.75) is 4.90 Å². The summed E-state index contributed by atoms with van der Waals surface area (Å²) in [5.41, 5.74) is 0.594. The molecule has 3 aromatic rings. The molecule has 0 unspecified atom stereocenters. The molecule has 136 valence electrons. The molecular formula is C17H15FN2O5S. The number of hydrogen-bond donors (Lipinski definition) is 1. The van der Waals surface area contributed by atoms with Crippen molar-refractivity contribution in [2.24, 2.45) is 0 Å². The van der Waals surface area contributed by atoms with Crippen LogP contribution in [0.1, 0.15) is 0 Å². The second kappa shape index (κ2) is 7.04. The van der Waals surface area contributed by atoms with Gasteiger partial charge >= 0.3 is 0 Å². The standard InChI is InChI=1S/C17H15FN2O5S/c1-23-13-8-4-3-6-11(13)15-10-16(19-25-15)20-26(21,22)17-12(18)7-5-9-14(17)24-2/h3-10H,1-2H3,(H,19,20). The molecule has 9 heteroatoms. The van der Waals surface area contributed by atoms with E-state index in [-0.39, 0.29) is 11.6 Å². The predicted molar refractivity (Wildman–Crippen MR) is 92.3 cm³/mol. The van der Waals surface area contributed by atoms with Gasteiger partial charge in [0.2, 0.25) is 0 Å². The third kappa shape index (κ3) is 3.33. The molecule has 7 nitrogen and oxygen atoms in total. The molecule has 3 rings (SSSR count). The molecule has 0 spiro atoms. The molecular weight excluding hydrogens is 363 g/mol. The summed E-state index contributed by atoms with van der Waals surface area (Å²) in [6.07, 6.45) is 0. The highest BCUT2D eigenvalue weighted by molar-refractivity contribution is 7.92. The normalized spacial score (nSPS) is 11.2. The molecule has 0 bridgehead atoms. The lowest BCUT2D eigenvalue weighted by molar-refractivity contribution is 0.395. The average molecular weight is 378 g/mol. The van der Waals surface area contributed by atoms with Crippen molar-refractivity contribution in [2.75, 3.05) is 18.9 Å². The van der Waals surface area contributed by atoms with Crippen molar-refractivity contribution in [1.29, 1.82) is 0 Å². The molecule has 0 aliphatic heterocycles. The summed E-state index contributed by atoms with van der Waals surface area (Å²) >= 11 is 0. The van der Waals surface area contributed by atoms with E-state index in [1.807, 2.05) is 0 Å². The first-order valence-corrected chi connectivity index (χ1v) is 8.90. The molecule has 26 heavy (non-hydrogen) atoms. The summed E-state index contributed by atoms with van der Waals surface area (Å²) in [6.45, 7) is 0. The van der Waals surface area contributed by atoms with Crippen molar-refractivity contribution in [1.82, 2.24) is 5.16 Å². The zero-order valence-electron chi connectivity index (χ0n) is 13.9. The molecule has 0 saturated carbocycles. The number of benzene rings is 2. The number of methoxy groups -OCH3 is 2. The Balaban J connectivity index is 1.95. The molecule has 1 N–H and O–H groups in total. The summed E-state index contributed by atoms with van der Waals surface area (Å²) in [5, 5.41) is 3.68. The van der Waals surface area contributed by atoms with E-state index < -0.39 is 20.7 Å². The highest BCUT2D eigenvalue weighted by Gasteiger charge is 2.25. The van der Waals surface area contributed by atoms with Crippen LogP contribution in [-0.2, 0) is 10.0 Å². The van der Waals surface area contributed by atoms with Crippen molar-refractivity contribution in [3.8, 4) is 22.8 Å². The van der Waals surface area contributed by atoms with E-state index in [0.29, 0.717) is 17.1 Å². The van der Waals surface area contributed by atoms with Crippen molar-refractivity contribution in [3.05, 3.63) is 54.3 Å². The van der Waals surface area contributed by atoms with Crippen LogP contribution in [0.5, 0.6) is 11.5 Å². The quantitative estimate of drug-likeness (QED) is 0.708. The topological polar surface area (TPSA) is 90.7 Å². The predicted octanol–water partition coefficient (Wildman–Crippen LogP) is 3.30. The fraction of sp³-hybridized carbons (Fsp3) is 0.118. The molecule has 0 aliphatic carbocycles. The van der Waals surface area contributed by atoms with Crippen LogP contribution in [0.2, 0.25) is 0 Å². The van der Waals surface area contributed by atoms with Crippen LogP contribution in [0, 0.1) is 5.82 Å². The smallest absolute Gasteiger partial charge is 0.269 e. The van der Waals surface area contributed by atoms with Crippen LogP contribution in [0.15, 0.2) is 57.9 Å². The Morgan fingerprint density at radius 3 is 2.46 bits per heavy atom. The average Bonchev–Trinajstić information content (AvgIpc) is 3.08. The van der Waals surface area contributed by atoms with E-state index in [2.05, 4.69) is 9.88 Å². The Labute approximate surface area is 149 Å². The fourth-order valence-corrected chi connectivity index (χ4v) is 3.61. The number of anilines is 1. The molecule has 0 saturated heterocycles. The van der Waals surface area contributed by atoms with E-state index in [0.717, 1.165) is 6.07 Å². The molecule has 0 amide bonds. The number of nitrogens with one attached hydrogen (secondary N) is 1. The van der Waals surface area contributed by atoms with Crippen molar-refractivity contribution in [3.63, 3.8) is 0 Å². The summed E-state index contributed by atoms with van der Waals surface area (Å²) < 4.78 is 56.6. The second-order valence-electron chi connectivity index (χ2n) is 5.15. The van der Waals surface area contributed by atoms with Crippen LogP contribution < -0.4 is 14.2 Å². The van der Waals surface area contributed by atoms with Crippen LogP contribution >= 0.6 is 0 Å². The Bertz CT molecular complexity index is 1030. The van der Waals surface area contributed by atoms with Crippen LogP contribution in [0.4, 0.5) is 10.2 Å². The summed E-state index contributed by atoms with van der Waals surface area (Å²) in [6, 6.07) is 12.1. The molecule has 1 aromatic heterocycles. The molecule has 2 aromatic carbocycles. The highest BCUT2D eigenvalue weighted by Crippen LogP contribution is 2.32. The van der Waals surface area contributed by atoms with Gasteiger partial charge in [-0.05, 0) is 24.3 Å². The van der Waals surface area contributed by atoms with Gasteiger partial charge in [-0.15, -0.1) is 0 Å². The highest BCUT2D eigenvalue weighted by atomic mass is 32.2. The summed E-state index contributed by atoms with van der Waals surface area (Å²) in [4.78, 5) is -0.607. The van der Waals surface area contributed by atoms with Gasteiger partial charge in [0.05, 0.1) is 19.8 Å². The minimum Gasteiger partial charge on any atom is -0.496 e. The van der Waals surface area contributed by atoms with Crippen LogP contribution in [0.25, 0.3) is 11.3 Å². The lowest BCUT2D eigenvalue weighted by Crippen LogP contribution is -2.16. The number of rotatable bonds is 6. The van der Waals surface area contributed by atoms with E-state index >= 15 is 0 Å². The number of ether oxygens (including phenoxy) is 2. The van der Waals surface area contributed by atoms with E-state index in [1.165, 1.54) is 32.4 Å². The third-order valence-corrected chi connectivity index (χ3v) is 4.95. The molecule has 0 aliphatic rings. The largest absolute Gasteiger partial charge is 0.496 e. The van der Waals surface area contributed by atoms with Gasteiger partial charge < -0.3 is 14.0 Å². The van der Waals surface area contributed by atoms with Crippen LogP contribution in [-0.4, -0.2) is 27.8 Å². The zero-order chi connectivity index (χ0) is 18.7. The number of halogens is 1. The minimum atomic E-state index is -4.28. The molecule has 0 atom stereocenters. The SMILES string of the molecule is COc1ccccc1-c1cc(NS(=O)(=O)c2c(F)cccc2OC)no1. The van der Waals surface area contributed by atoms with E-state index in [9.17, 15) is 12.8 Å². The summed E-state index contributed by atoms with van der Waals surface area (Å²) in [5.74, 6) is -0.332. The maximum atomic E-state index is 14.0. The minimum absolute atomic E-state index is 0.101. The Hall–Kier alpha value is -3.07. The van der Waals surface area contributed by atoms with Gasteiger partial charge in [-0.25, -0.2) is 12.8 Å². The Morgan fingerprint density at radius 2 is 1.73 bits per heavy atom. The molecule has 0 radical (unpaired) electrons. The van der Waals surface area contributed by atoms with E-state index in [4.69, 9.17) is 14.0 Å². The Kier molecular flexibility index (Phi) is 4.81. The molecule has 0 fully saturated rings. The first-order valence-electron chi connectivity index (χ1n) is 7.41. The lowest BCUT2D eigenvalue weighted by atomic mass is 10.1. The van der Waals surface area contributed by atoms with Gasteiger partial charge in [0.25, 0.3) is 10.0 Å². The summed E-state index contributed by atoms with van der Waals surface area (Å²) in [7, 11) is -1.52. The zero-order valence-corrected chi connectivity index (χ0v) is 14.7. The van der Waals surface area contributed by atoms with E-state index in [1.54, 1.807) is 24.3 Å². The maximum absolute atomic E-state index is 14.0. The first kappa shape index (κ1) is 17.7. The second-order valence-corrected chi connectivity index (χ2v) is 6.77. The van der Waals surface area contributed by atoms with Gasteiger partial charge in [-0.3, -0.25) is 4.72 Å². The van der Waals surface area contributed by atoms with Gasteiger partial charge in [0.1, 0.15) is 17.3 Å². The Morgan fingerprint density at radius 1 is 1.04 bits per heavy atom. The molecule has 1 heterocycles. The third-order valence-electron chi connectivity index (χ3n) is 3.54. The maximum Gasteiger partial charge on any atom is 0.269 e. The first-order chi connectivity index (χ1) is 12.5. The van der Waals surface area contributed by atoms with Crippen LogP contribution in [0.3, 0.4) is 0 Å².